The molecule has 0 aliphatic rings. The topological polar surface area (TPSA) is 40.9 Å². The molecule has 0 aromatic rings. The average molecular weight is 169 g/mol. The molecule has 0 saturated heterocycles. The second kappa shape index (κ2) is 10.3. The number of rotatable bonds is 9. The summed E-state index contributed by atoms with van der Waals surface area (Å²) < 4.78 is 0. The van der Waals surface area contributed by atoms with Gasteiger partial charge in [-0.1, -0.05) is 25.7 Å². The van der Waals surface area contributed by atoms with Crippen LogP contribution in [0.25, 0.3) is 0 Å². The molecule has 0 aliphatic carbocycles. The van der Waals surface area contributed by atoms with Crippen LogP contribution in [0, 0.1) is 5.41 Å². The summed E-state index contributed by atoms with van der Waals surface area (Å²) in [5, 5.41) is 6.81. The Balaban J connectivity index is 2.81. The van der Waals surface area contributed by atoms with E-state index in [0.29, 0.717) is 0 Å². The molecule has 0 radical (unpaired) electrons. The predicted octanol–water partition coefficient (Wildman–Crippen LogP) is 2.96. The summed E-state index contributed by atoms with van der Waals surface area (Å²) in [6.45, 7) is 0. The molecule has 1 N–H and O–H groups in total. The molecule has 0 aliphatic heterocycles. The van der Waals surface area contributed by atoms with Gasteiger partial charge in [0.1, 0.15) is 6.29 Å². The first-order valence-corrected chi connectivity index (χ1v) is 4.84. The summed E-state index contributed by atoms with van der Waals surface area (Å²) in [7, 11) is 0. The number of hydrogen-bond acceptors (Lipinski definition) is 2. The number of hydrogen-bond donors (Lipinski definition) is 1. The number of nitrogens with one attached hydrogen (secondary N) is 1. The fourth-order valence-corrected chi connectivity index (χ4v) is 1.18. The lowest BCUT2D eigenvalue weighted by atomic mass is 10.1. The van der Waals surface area contributed by atoms with Crippen LogP contribution in [-0.2, 0) is 4.79 Å². The van der Waals surface area contributed by atoms with Gasteiger partial charge in [0.2, 0.25) is 0 Å². The van der Waals surface area contributed by atoms with Gasteiger partial charge in [-0.3, -0.25) is 0 Å². The van der Waals surface area contributed by atoms with Crippen LogP contribution in [0.1, 0.15) is 51.4 Å². The second-order valence-corrected chi connectivity index (χ2v) is 3.07. The molecule has 0 saturated carbocycles. The SMILES string of the molecule is N=CCCCCCCCCC=O. The van der Waals surface area contributed by atoms with E-state index in [-0.39, 0.29) is 0 Å². The summed E-state index contributed by atoms with van der Waals surface area (Å²) in [5.41, 5.74) is 0. The highest BCUT2D eigenvalue weighted by molar-refractivity contribution is 5.52. The Morgan fingerprint density at radius 1 is 0.833 bits per heavy atom. The third-order valence-corrected chi connectivity index (χ3v) is 1.92. The summed E-state index contributed by atoms with van der Waals surface area (Å²) in [4.78, 5) is 9.95. The second-order valence-electron chi connectivity index (χ2n) is 3.07. The van der Waals surface area contributed by atoms with Crippen molar-refractivity contribution in [3.05, 3.63) is 0 Å². The quantitative estimate of drug-likeness (QED) is 0.322. The molecular weight excluding hydrogens is 150 g/mol. The van der Waals surface area contributed by atoms with E-state index >= 15 is 0 Å². The van der Waals surface area contributed by atoms with E-state index in [4.69, 9.17) is 5.41 Å². The van der Waals surface area contributed by atoms with Gasteiger partial charge in [0.15, 0.2) is 0 Å². The highest BCUT2D eigenvalue weighted by Gasteiger charge is 1.89. The first-order chi connectivity index (χ1) is 5.91. The first kappa shape index (κ1) is 11.3. The van der Waals surface area contributed by atoms with Crippen molar-refractivity contribution in [3.63, 3.8) is 0 Å². The van der Waals surface area contributed by atoms with Crippen LogP contribution < -0.4 is 0 Å². The van der Waals surface area contributed by atoms with E-state index in [1.807, 2.05) is 0 Å². The Bertz CT molecular complexity index is 98.4. The molecule has 0 spiro atoms. The lowest BCUT2D eigenvalue weighted by Crippen LogP contribution is -1.81. The van der Waals surface area contributed by atoms with Crippen molar-refractivity contribution in [1.29, 1.82) is 5.41 Å². The normalized spacial score (nSPS) is 9.67. The third kappa shape index (κ3) is 9.34. The van der Waals surface area contributed by atoms with Crippen LogP contribution in [0.4, 0.5) is 0 Å². The monoisotopic (exact) mass is 169 g/mol. The Labute approximate surface area is 74.9 Å². The fourth-order valence-electron chi connectivity index (χ4n) is 1.18. The van der Waals surface area contributed by atoms with Crippen molar-refractivity contribution in [3.8, 4) is 0 Å². The highest BCUT2D eigenvalue weighted by atomic mass is 16.1. The molecule has 0 aromatic carbocycles. The molecular formula is C10H19NO. The molecule has 0 bridgehead atoms. The van der Waals surface area contributed by atoms with Crippen LogP contribution >= 0.6 is 0 Å². The lowest BCUT2D eigenvalue weighted by Gasteiger charge is -1.97. The van der Waals surface area contributed by atoms with E-state index in [2.05, 4.69) is 0 Å². The molecule has 2 heteroatoms. The molecule has 0 atom stereocenters. The van der Waals surface area contributed by atoms with Gasteiger partial charge in [-0.25, -0.2) is 0 Å². The molecule has 0 fully saturated rings. The van der Waals surface area contributed by atoms with Gasteiger partial charge in [-0.05, 0) is 25.5 Å². The zero-order valence-corrected chi connectivity index (χ0v) is 7.72. The minimum absolute atomic E-state index is 0.723. The summed E-state index contributed by atoms with van der Waals surface area (Å²) in [6.07, 6.45) is 11.2. The summed E-state index contributed by atoms with van der Waals surface area (Å²) >= 11 is 0. The molecule has 0 unspecified atom stereocenters. The first-order valence-electron chi connectivity index (χ1n) is 4.84. The molecule has 2 nitrogen and oxygen atoms in total. The Morgan fingerprint density at radius 2 is 1.33 bits per heavy atom. The number of carbonyl (C=O) groups excluding carboxylic acids is 1. The van der Waals surface area contributed by atoms with Crippen molar-refractivity contribution >= 4 is 12.5 Å². The summed E-state index contributed by atoms with van der Waals surface area (Å²) in [5.74, 6) is 0. The molecule has 0 heterocycles. The molecule has 0 amide bonds. The molecule has 12 heavy (non-hydrogen) atoms. The lowest BCUT2D eigenvalue weighted by molar-refractivity contribution is -0.107. The third-order valence-electron chi connectivity index (χ3n) is 1.92. The van der Waals surface area contributed by atoms with Crippen molar-refractivity contribution in [2.75, 3.05) is 0 Å². The Morgan fingerprint density at radius 3 is 1.83 bits per heavy atom. The van der Waals surface area contributed by atoms with Gasteiger partial charge in [0.25, 0.3) is 0 Å². The van der Waals surface area contributed by atoms with Crippen molar-refractivity contribution in [2.45, 2.75) is 51.4 Å². The van der Waals surface area contributed by atoms with Crippen LogP contribution in [0.5, 0.6) is 0 Å². The summed E-state index contributed by atoms with van der Waals surface area (Å²) in [6, 6.07) is 0. The van der Waals surface area contributed by atoms with Crippen molar-refractivity contribution < 1.29 is 4.79 Å². The van der Waals surface area contributed by atoms with E-state index < -0.39 is 0 Å². The van der Waals surface area contributed by atoms with Gasteiger partial charge in [0.05, 0.1) is 0 Å². The maximum Gasteiger partial charge on any atom is 0.119 e. The van der Waals surface area contributed by atoms with E-state index in [0.717, 1.165) is 32.0 Å². The zero-order chi connectivity index (χ0) is 9.07. The largest absolute Gasteiger partial charge is 0.313 e. The van der Waals surface area contributed by atoms with Crippen LogP contribution in [0.3, 0.4) is 0 Å². The average Bonchev–Trinajstić information content (AvgIpc) is 2.10. The van der Waals surface area contributed by atoms with Gasteiger partial charge in [-0.15, -0.1) is 0 Å². The Kier molecular flexibility index (Phi) is 9.77. The number of aldehydes is 1. The van der Waals surface area contributed by atoms with Gasteiger partial charge in [0, 0.05) is 6.42 Å². The van der Waals surface area contributed by atoms with E-state index in [9.17, 15) is 4.79 Å². The minimum Gasteiger partial charge on any atom is -0.313 e. The van der Waals surface area contributed by atoms with Gasteiger partial charge < -0.3 is 10.2 Å². The Hall–Kier alpha value is -0.660. The van der Waals surface area contributed by atoms with Gasteiger partial charge in [-0.2, -0.15) is 0 Å². The van der Waals surface area contributed by atoms with Crippen LogP contribution in [0.2, 0.25) is 0 Å². The maximum absolute atomic E-state index is 9.95. The smallest absolute Gasteiger partial charge is 0.119 e. The van der Waals surface area contributed by atoms with Crippen LogP contribution in [0.15, 0.2) is 0 Å². The van der Waals surface area contributed by atoms with Crippen molar-refractivity contribution in [1.82, 2.24) is 0 Å². The molecule has 70 valence electrons. The van der Waals surface area contributed by atoms with Gasteiger partial charge >= 0.3 is 0 Å². The highest BCUT2D eigenvalue weighted by Crippen LogP contribution is 2.06. The molecule has 0 rings (SSSR count). The number of carbonyl (C=O) groups is 1. The molecule has 0 aromatic heterocycles. The predicted molar refractivity (Wildman–Crippen MR) is 51.8 cm³/mol. The van der Waals surface area contributed by atoms with Crippen LogP contribution in [-0.4, -0.2) is 12.5 Å². The maximum atomic E-state index is 9.95. The standard InChI is InChI=1S/C10H19NO/c11-9-7-5-3-1-2-4-6-8-10-12/h9-11H,1-8H2. The van der Waals surface area contributed by atoms with Crippen molar-refractivity contribution in [2.24, 2.45) is 0 Å². The van der Waals surface area contributed by atoms with E-state index in [1.165, 1.54) is 31.9 Å². The van der Waals surface area contributed by atoms with E-state index in [1.54, 1.807) is 0 Å². The minimum atomic E-state index is 0.723. The number of unbranched alkanes of at least 4 members (excludes halogenated alkanes) is 7. The zero-order valence-electron chi connectivity index (χ0n) is 7.72. The fraction of sp³-hybridized carbons (Fsp3) is 0.800.